The number of aliphatic carboxylic acids is 1. The van der Waals surface area contributed by atoms with Gasteiger partial charge in [-0.2, -0.15) is 0 Å². The molecule has 0 bridgehead atoms. The Kier molecular flexibility index (Phi) is 6.97. The molecule has 2 aliphatic rings. The number of carboxylic acid groups (broad SMARTS) is 1. The maximum absolute atomic E-state index is 12.4. The van der Waals surface area contributed by atoms with E-state index >= 15 is 0 Å². The Morgan fingerprint density at radius 1 is 1.04 bits per heavy atom. The van der Waals surface area contributed by atoms with Crippen LogP contribution in [0.4, 0.5) is 0 Å². The minimum Gasteiger partial charge on any atom is -0.481 e. The Balaban J connectivity index is 1.44. The van der Waals surface area contributed by atoms with Gasteiger partial charge in [0.1, 0.15) is 0 Å². The van der Waals surface area contributed by atoms with E-state index in [-0.39, 0.29) is 17.9 Å². The van der Waals surface area contributed by atoms with Gasteiger partial charge in [-0.25, -0.2) is 0 Å². The van der Waals surface area contributed by atoms with Gasteiger partial charge in [-0.1, -0.05) is 0 Å². The number of rotatable bonds is 6. The van der Waals surface area contributed by atoms with Crippen LogP contribution in [0.2, 0.25) is 0 Å². The molecule has 0 unspecified atom stereocenters. The first kappa shape index (κ1) is 19.2. The molecule has 1 saturated heterocycles. The van der Waals surface area contributed by atoms with Gasteiger partial charge in [-0.05, 0) is 81.8 Å². The molecular formula is C20H28N2O3S. The highest BCUT2D eigenvalue weighted by atomic mass is 32.2. The van der Waals surface area contributed by atoms with Crippen molar-refractivity contribution >= 4 is 23.6 Å². The second kappa shape index (κ2) is 9.42. The highest BCUT2D eigenvalue weighted by Crippen LogP contribution is 2.26. The fourth-order valence-corrected chi connectivity index (χ4v) is 4.81. The van der Waals surface area contributed by atoms with Gasteiger partial charge < -0.3 is 15.7 Å². The monoisotopic (exact) mass is 376 g/mol. The summed E-state index contributed by atoms with van der Waals surface area (Å²) < 4.78 is 0. The van der Waals surface area contributed by atoms with E-state index in [1.807, 2.05) is 36.0 Å². The lowest BCUT2D eigenvalue weighted by atomic mass is 9.86. The highest BCUT2D eigenvalue weighted by molar-refractivity contribution is 7.99. The van der Waals surface area contributed by atoms with Crippen LogP contribution < -0.4 is 10.6 Å². The van der Waals surface area contributed by atoms with Gasteiger partial charge in [-0.15, -0.1) is 11.8 Å². The minimum atomic E-state index is -0.715. The minimum absolute atomic E-state index is 0.0568. The van der Waals surface area contributed by atoms with Gasteiger partial charge in [0, 0.05) is 22.3 Å². The molecule has 1 heterocycles. The number of benzene rings is 1. The molecule has 1 aromatic carbocycles. The Bertz CT molecular complexity index is 606. The van der Waals surface area contributed by atoms with Crippen molar-refractivity contribution in [1.29, 1.82) is 0 Å². The second-order valence-corrected chi connectivity index (χ2v) is 8.48. The van der Waals surface area contributed by atoms with E-state index in [9.17, 15) is 9.59 Å². The number of carboxylic acids is 1. The molecule has 1 amide bonds. The van der Waals surface area contributed by atoms with Crippen molar-refractivity contribution in [2.45, 2.75) is 49.5 Å². The molecule has 3 rings (SSSR count). The number of amides is 1. The summed E-state index contributed by atoms with van der Waals surface area (Å²) in [4.78, 5) is 24.6. The Morgan fingerprint density at radius 3 is 2.31 bits per heavy atom. The molecule has 0 spiro atoms. The lowest BCUT2D eigenvalue weighted by Crippen LogP contribution is -2.38. The molecule has 1 aliphatic carbocycles. The maximum atomic E-state index is 12.4. The van der Waals surface area contributed by atoms with Crippen LogP contribution in [0.3, 0.4) is 0 Å². The van der Waals surface area contributed by atoms with E-state index in [1.165, 1.54) is 17.7 Å². The van der Waals surface area contributed by atoms with Gasteiger partial charge in [0.05, 0.1) is 5.92 Å². The average molecular weight is 377 g/mol. The summed E-state index contributed by atoms with van der Waals surface area (Å²) in [5.41, 5.74) is 0.677. The molecule has 0 aromatic heterocycles. The first-order chi connectivity index (χ1) is 12.6. The second-order valence-electron chi connectivity index (χ2n) is 7.39. The standard InChI is InChI=1S/C20H28N2O3S/c23-19(22-17-5-1-16(2-6-17)20(24)25)15-3-7-18(8-4-15)26-13-14-9-11-21-12-10-14/h3-4,7-8,14,16-17,21H,1-2,5-6,9-13H2,(H,22,23)(H,24,25). The average Bonchev–Trinajstić information content (AvgIpc) is 2.68. The van der Waals surface area contributed by atoms with Gasteiger partial charge in [-0.3, -0.25) is 9.59 Å². The lowest BCUT2D eigenvalue weighted by molar-refractivity contribution is -0.142. The Labute approximate surface area is 159 Å². The van der Waals surface area contributed by atoms with E-state index in [1.54, 1.807) is 0 Å². The zero-order chi connectivity index (χ0) is 18.4. The Morgan fingerprint density at radius 2 is 1.69 bits per heavy atom. The zero-order valence-corrected chi connectivity index (χ0v) is 15.9. The fraction of sp³-hybridized carbons (Fsp3) is 0.600. The molecule has 0 atom stereocenters. The van der Waals surface area contributed by atoms with E-state index in [0.717, 1.165) is 37.6 Å². The van der Waals surface area contributed by atoms with Gasteiger partial charge >= 0.3 is 5.97 Å². The third-order valence-electron chi connectivity index (χ3n) is 5.47. The van der Waals surface area contributed by atoms with Gasteiger partial charge in [0.15, 0.2) is 0 Å². The van der Waals surface area contributed by atoms with Crippen LogP contribution in [-0.4, -0.2) is 41.9 Å². The number of hydrogen-bond donors (Lipinski definition) is 3. The molecule has 1 saturated carbocycles. The van der Waals surface area contributed by atoms with Gasteiger partial charge in [0.25, 0.3) is 5.91 Å². The van der Waals surface area contributed by atoms with Crippen molar-refractivity contribution in [2.75, 3.05) is 18.8 Å². The largest absolute Gasteiger partial charge is 0.481 e. The SMILES string of the molecule is O=C(NC1CCC(C(=O)O)CC1)c1ccc(SCC2CCNCC2)cc1. The third kappa shape index (κ3) is 5.48. The summed E-state index contributed by atoms with van der Waals surface area (Å²) in [6, 6.07) is 7.93. The summed E-state index contributed by atoms with van der Waals surface area (Å²) in [6.45, 7) is 2.25. The summed E-state index contributed by atoms with van der Waals surface area (Å²) in [5.74, 6) is 0.899. The first-order valence-electron chi connectivity index (χ1n) is 9.59. The van der Waals surface area contributed by atoms with E-state index in [4.69, 9.17) is 5.11 Å². The van der Waals surface area contributed by atoms with Crippen molar-refractivity contribution in [1.82, 2.24) is 10.6 Å². The Hall–Kier alpha value is -1.53. The van der Waals surface area contributed by atoms with Crippen molar-refractivity contribution in [3.8, 4) is 0 Å². The first-order valence-corrected chi connectivity index (χ1v) is 10.6. The third-order valence-corrected chi connectivity index (χ3v) is 6.72. The predicted octanol–water partition coefficient (Wildman–Crippen LogP) is 3.15. The van der Waals surface area contributed by atoms with Crippen molar-refractivity contribution in [2.24, 2.45) is 11.8 Å². The molecule has 1 aromatic rings. The van der Waals surface area contributed by atoms with Crippen LogP contribution in [0.15, 0.2) is 29.2 Å². The molecule has 0 radical (unpaired) electrons. The summed E-state index contributed by atoms with van der Waals surface area (Å²) in [5, 5.41) is 15.5. The summed E-state index contributed by atoms with van der Waals surface area (Å²) in [7, 11) is 0. The molecule has 1 aliphatic heterocycles. The topological polar surface area (TPSA) is 78.4 Å². The summed E-state index contributed by atoms with van der Waals surface area (Å²) in [6.07, 6.45) is 5.27. The molecule has 2 fully saturated rings. The van der Waals surface area contributed by atoms with Crippen LogP contribution in [-0.2, 0) is 4.79 Å². The number of thioether (sulfide) groups is 1. The maximum Gasteiger partial charge on any atom is 0.306 e. The van der Waals surface area contributed by atoms with Crippen molar-refractivity contribution in [3.63, 3.8) is 0 Å². The van der Waals surface area contributed by atoms with Crippen LogP contribution in [0, 0.1) is 11.8 Å². The number of nitrogens with one attached hydrogen (secondary N) is 2. The molecule has 5 nitrogen and oxygen atoms in total. The van der Waals surface area contributed by atoms with E-state index in [0.29, 0.717) is 18.4 Å². The summed E-state index contributed by atoms with van der Waals surface area (Å²) >= 11 is 1.87. The predicted molar refractivity (Wildman–Crippen MR) is 104 cm³/mol. The quantitative estimate of drug-likeness (QED) is 0.665. The number of piperidine rings is 1. The fourth-order valence-electron chi connectivity index (χ4n) is 3.72. The number of hydrogen-bond acceptors (Lipinski definition) is 4. The van der Waals surface area contributed by atoms with Crippen LogP contribution >= 0.6 is 11.8 Å². The molecule has 3 N–H and O–H groups in total. The van der Waals surface area contributed by atoms with Crippen LogP contribution in [0.25, 0.3) is 0 Å². The van der Waals surface area contributed by atoms with Crippen molar-refractivity contribution < 1.29 is 14.7 Å². The van der Waals surface area contributed by atoms with Gasteiger partial charge in [0.2, 0.25) is 0 Å². The van der Waals surface area contributed by atoms with Crippen LogP contribution in [0.1, 0.15) is 48.9 Å². The van der Waals surface area contributed by atoms with E-state index in [2.05, 4.69) is 10.6 Å². The number of carbonyl (C=O) groups is 2. The highest BCUT2D eigenvalue weighted by Gasteiger charge is 2.26. The molecule has 6 heteroatoms. The van der Waals surface area contributed by atoms with Crippen molar-refractivity contribution in [3.05, 3.63) is 29.8 Å². The normalized spacial score (nSPS) is 24.2. The number of carbonyl (C=O) groups excluding carboxylic acids is 1. The molecule has 142 valence electrons. The molecule has 26 heavy (non-hydrogen) atoms. The van der Waals surface area contributed by atoms with Crippen LogP contribution in [0.5, 0.6) is 0 Å². The smallest absolute Gasteiger partial charge is 0.306 e. The molecular weight excluding hydrogens is 348 g/mol. The van der Waals surface area contributed by atoms with E-state index < -0.39 is 5.97 Å². The zero-order valence-electron chi connectivity index (χ0n) is 15.1. The lowest BCUT2D eigenvalue weighted by Gasteiger charge is -2.26.